The molecule has 0 amide bonds. The van der Waals surface area contributed by atoms with E-state index in [0.29, 0.717) is 0 Å². The molecule has 1 aromatic rings. The molecule has 0 fully saturated rings. The van der Waals surface area contributed by atoms with Gasteiger partial charge >= 0.3 is 0 Å². The third-order valence-corrected chi connectivity index (χ3v) is 3.84. The number of aromatic nitrogens is 2. The van der Waals surface area contributed by atoms with Crippen molar-refractivity contribution in [2.24, 2.45) is 0 Å². The first-order valence-corrected chi connectivity index (χ1v) is 7.25. The highest BCUT2D eigenvalue weighted by molar-refractivity contribution is 7.99. The molecule has 0 saturated heterocycles. The summed E-state index contributed by atoms with van der Waals surface area (Å²) in [5, 5.41) is 3.45. The van der Waals surface area contributed by atoms with Gasteiger partial charge in [-0.1, -0.05) is 0 Å². The fourth-order valence-electron chi connectivity index (χ4n) is 1.44. The molecule has 0 aromatic carbocycles. The smallest absolute Gasteiger partial charge is 0.0950 e. The molecule has 0 aliphatic rings. The van der Waals surface area contributed by atoms with Crippen LogP contribution < -0.4 is 5.32 Å². The zero-order valence-corrected chi connectivity index (χ0v) is 12.7. The quantitative estimate of drug-likeness (QED) is 0.877. The molecule has 98 valence electrons. The second-order valence-corrected chi connectivity index (χ2v) is 7.62. The van der Waals surface area contributed by atoms with E-state index in [4.69, 9.17) is 0 Å². The largest absolute Gasteiger partial charge is 0.336 e. The van der Waals surface area contributed by atoms with Gasteiger partial charge in [-0.15, -0.1) is 0 Å². The summed E-state index contributed by atoms with van der Waals surface area (Å²) in [5.41, 5.74) is 1.25. The Bertz CT molecular complexity index is 350. The molecule has 0 unspecified atom stereocenters. The molecule has 1 heterocycles. The molecule has 0 radical (unpaired) electrons. The van der Waals surface area contributed by atoms with E-state index in [1.54, 1.807) is 0 Å². The van der Waals surface area contributed by atoms with Crippen molar-refractivity contribution in [3.63, 3.8) is 0 Å². The lowest BCUT2D eigenvalue weighted by molar-refractivity contribution is 0.421. The summed E-state index contributed by atoms with van der Waals surface area (Å²) in [7, 11) is 0. The Labute approximate surface area is 109 Å². The van der Waals surface area contributed by atoms with Gasteiger partial charge in [0, 0.05) is 29.6 Å². The molecule has 0 aliphatic carbocycles. The Balaban J connectivity index is 2.54. The Hall–Kier alpha value is -0.480. The first-order chi connectivity index (χ1) is 7.72. The fraction of sp³-hybridized carbons (Fsp3) is 0.769. The number of hydrogen-bond acceptors (Lipinski definition) is 3. The summed E-state index contributed by atoms with van der Waals surface area (Å²) in [6.45, 7) is 12.8. The van der Waals surface area contributed by atoms with Crippen molar-refractivity contribution in [2.75, 3.05) is 6.26 Å². The molecule has 0 spiro atoms. The molecule has 1 rings (SSSR count). The molecular formula is C13H25N3S. The molecule has 0 bridgehead atoms. The van der Waals surface area contributed by atoms with Crippen molar-refractivity contribution in [3.05, 3.63) is 18.2 Å². The van der Waals surface area contributed by atoms with Crippen LogP contribution in [-0.2, 0) is 13.1 Å². The average molecular weight is 255 g/mol. The molecular weight excluding hydrogens is 230 g/mol. The number of nitrogens with zero attached hydrogens (tertiary/aromatic N) is 2. The van der Waals surface area contributed by atoms with Crippen molar-refractivity contribution in [2.45, 2.75) is 58.0 Å². The van der Waals surface area contributed by atoms with Gasteiger partial charge in [0.1, 0.15) is 0 Å². The van der Waals surface area contributed by atoms with Crippen molar-refractivity contribution in [1.29, 1.82) is 0 Å². The fourth-order valence-corrected chi connectivity index (χ4v) is 1.72. The van der Waals surface area contributed by atoms with Gasteiger partial charge in [-0.3, -0.25) is 0 Å². The molecule has 17 heavy (non-hydrogen) atoms. The van der Waals surface area contributed by atoms with E-state index >= 15 is 0 Å². The van der Waals surface area contributed by atoms with Gasteiger partial charge in [0.25, 0.3) is 0 Å². The zero-order chi connectivity index (χ0) is 13.1. The van der Waals surface area contributed by atoms with Crippen molar-refractivity contribution < 1.29 is 0 Å². The summed E-state index contributed by atoms with van der Waals surface area (Å²) >= 11 is 1.88. The summed E-state index contributed by atoms with van der Waals surface area (Å²) in [4.78, 5) is 4.43. The number of rotatable bonds is 5. The minimum absolute atomic E-state index is 0.141. The van der Waals surface area contributed by atoms with E-state index in [2.05, 4.69) is 61.9 Å². The summed E-state index contributed by atoms with van der Waals surface area (Å²) in [6.07, 6.45) is 6.22. The van der Waals surface area contributed by atoms with Crippen LogP contribution in [0.15, 0.2) is 12.5 Å². The number of hydrogen-bond donors (Lipinski definition) is 1. The van der Waals surface area contributed by atoms with Crippen LogP contribution in [0.1, 0.15) is 40.3 Å². The third-order valence-electron chi connectivity index (χ3n) is 2.60. The van der Waals surface area contributed by atoms with E-state index in [1.165, 1.54) is 0 Å². The second-order valence-electron chi connectivity index (χ2n) is 6.10. The monoisotopic (exact) mass is 255 g/mol. The Kier molecular flexibility index (Phi) is 4.67. The standard InChI is InChI=1S/C13H25N3S/c1-12(2,3)15-7-11-8-16(10-14-11)9-13(4,5)17-6/h8,10,15H,7,9H2,1-6H3. The Morgan fingerprint density at radius 3 is 2.47 bits per heavy atom. The van der Waals surface area contributed by atoms with Gasteiger partial charge in [-0.2, -0.15) is 11.8 Å². The number of nitrogens with one attached hydrogen (secondary N) is 1. The normalized spacial score (nSPS) is 13.1. The van der Waals surface area contributed by atoms with Gasteiger partial charge in [-0.05, 0) is 40.9 Å². The molecule has 0 atom stereocenters. The highest BCUT2D eigenvalue weighted by atomic mass is 32.2. The first kappa shape index (κ1) is 14.6. The number of thioether (sulfide) groups is 1. The lowest BCUT2D eigenvalue weighted by atomic mass is 10.1. The minimum Gasteiger partial charge on any atom is -0.336 e. The molecule has 1 N–H and O–H groups in total. The molecule has 3 nitrogen and oxygen atoms in total. The Morgan fingerprint density at radius 2 is 1.94 bits per heavy atom. The highest BCUT2D eigenvalue weighted by Gasteiger charge is 2.17. The molecule has 4 heteroatoms. The summed E-state index contributed by atoms with van der Waals surface area (Å²) < 4.78 is 2.44. The van der Waals surface area contributed by atoms with E-state index in [1.807, 2.05) is 18.1 Å². The maximum Gasteiger partial charge on any atom is 0.0950 e. The second kappa shape index (κ2) is 5.44. The van der Waals surface area contributed by atoms with Crippen molar-refractivity contribution in [3.8, 4) is 0 Å². The SMILES string of the molecule is CSC(C)(C)Cn1cnc(CNC(C)(C)C)c1. The minimum atomic E-state index is 0.141. The zero-order valence-electron chi connectivity index (χ0n) is 11.9. The van der Waals surface area contributed by atoms with Gasteiger partial charge in [-0.25, -0.2) is 4.98 Å². The maximum atomic E-state index is 4.43. The van der Waals surface area contributed by atoms with Gasteiger partial charge < -0.3 is 9.88 Å². The third kappa shape index (κ3) is 5.59. The van der Waals surface area contributed by atoms with E-state index in [9.17, 15) is 0 Å². The van der Waals surface area contributed by atoms with Crippen molar-refractivity contribution in [1.82, 2.24) is 14.9 Å². The van der Waals surface area contributed by atoms with E-state index < -0.39 is 0 Å². The Morgan fingerprint density at radius 1 is 1.29 bits per heavy atom. The van der Waals surface area contributed by atoms with E-state index in [0.717, 1.165) is 18.8 Å². The topological polar surface area (TPSA) is 29.9 Å². The summed E-state index contributed by atoms with van der Waals surface area (Å²) in [5.74, 6) is 0. The average Bonchev–Trinajstić information content (AvgIpc) is 2.61. The molecule has 0 aliphatic heterocycles. The van der Waals surface area contributed by atoms with Crippen LogP contribution in [0.5, 0.6) is 0 Å². The molecule has 1 aromatic heterocycles. The first-order valence-electron chi connectivity index (χ1n) is 6.03. The van der Waals surface area contributed by atoms with Crippen LogP contribution >= 0.6 is 11.8 Å². The number of imidazole rings is 1. The molecule has 0 saturated carbocycles. The lowest BCUT2D eigenvalue weighted by Crippen LogP contribution is -2.35. The predicted molar refractivity (Wildman–Crippen MR) is 76.4 cm³/mol. The maximum absolute atomic E-state index is 4.43. The van der Waals surface area contributed by atoms with Gasteiger partial charge in [0.15, 0.2) is 0 Å². The van der Waals surface area contributed by atoms with Crippen LogP contribution in [0.3, 0.4) is 0 Å². The van der Waals surface area contributed by atoms with Crippen LogP contribution in [0.4, 0.5) is 0 Å². The van der Waals surface area contributed by atoms with Crippen LogP contribution in [0.2, 0.25) is 0 Å². The van der Waals surface area contributed by atoms with Crippen molar-refractivity contribution >= 4 is 11.8 Å². The van der Waals surface area contributed by atoms with E-state index in [-0.39, 0.29) is 10.3 Å². The van der Waals surface area contributed by atoms with Gasteiger partial charge in [0.2, 0.25) is 0 Å². The lowest BCUT2D eigenvalue weighted by Gasteiger charge is -2.22. The van der Waals surface area contributed by atoms with Crippen LogP contribution in [0, 0.1) is 0 Å². The summed E-state index contributed by atoms with van der Waals surface area (Å²) in [6, 6.07) is 0. The highest BCUT2D eigenvalue weighted by Crippen LogP contribution is 2.23. The van der Waals surface area contributed by atoms with Crippen LogP contribution in [-0.4, -0.2) is 26.1 Å². The van der Waals surface area contributed by atoms with Crippen LogP contribution in [0.25, 0.3) is 0 Å². The predicted octanol–water partition coefficient (Wildman–Crippen LogP) is 2.91. The van der Waals surface area contributed by atoms with Gasteiger partial charge in [0.05, 0.1) is 12.0 Å².